The first-order valence-electron chi connectivity index (χ1n) is 17.0. The minimum atomic E-state index is -3.52. The topological polar surface area (TPSA) is 117 Å². The van der Waals surface area contributed by atoms with Crippen LogP contribution in [0.4, 0.5) is 23.1 Å². The van der Waals surface area contributed by atoms with E-state index in [4.69, 9.17) is 9.72 Å². The van der Waals surface area contributed by atoms with Crippen LogP contribution in [0.15, 0.2) is 53.6 Å². The Kier molecular flexibility index (Phi) is 9.77. The highest BCUT2D eigenvalue weighted by Crippen LogP contribution is 2.39. The smallest absolute Gasteiger partial charge is 0.351 e. The van der Waals surface area contributed by atoms with Gasteiger partial charge in [0.25, 0.3) is 0 Å². The van der Waals surface area contributed by atoms with E-state index in [1.807, 2.05) is 32.2 Å². The van der Waals surface area contributed by atoms with E-state index in [2.05, 4.69) is 56.5 Å². The number of anilines is 4. The van der Waals surface area contributed by atoms with Gasteiger partial charge in [-0.05, 0) is 141 Å². The Morgan fingerprint density at radius 3 is 2.38 bits per heavy atom. The van der Waals surface area contributed by atoms with Crippen molar-refractivity contribution in [1.29, 1.82) is 0 Å². The van der Waals surface area contributed by atoms with Crippen LogP contribution >= 0.6 is 0 Å². The summed E-state index contributed by atoms with van der Waals surface area (Å²) in [6, 6.07) is 14.0. The van der Waals surface area contributed by atoms with Crippen LogP contribution in [0.5, 0.6) is 5.75 Å². The number of nitrogens with one attached hydrogen (secondary N) is 4. The van der Waals surface area contributed by atoms with E-state index in [0.717, 1.165) is 48.4 Å². The van der Waals surface area contributed by atoms with Crippen LogP contribution in [-0.2, 0) is 9.84 Å². The fourth-order valence-corrected chi connectivity index (χ4v) is 8.20. The number of para-hydroxylation sites is 1. The van der Waals surface area contributed by atoms with E-state index in [0.29, 0.717) is 29.4 Å². The van der Waals surface area contributed by atoms with Crippen molar-refractivity contribution in [3.05, 3.63) is 59.8 Å². The lowest BCUT2D eigenvalue weighted by atomic mass is 9.85. The molecule has 2 aromatic heterocycles. The molecule has 2 aliphatic rings. The zero-order valence-corrected chi connectivity index (χ0v) is 29.4. The number of aryl methyl sites for hydroxylation is 1. The molecule has 0 atom stereocenters. The third kappa shape index (κ3) is 7.27. The number of hydrogen-bond acceptors (Lipinski definition) is 8. The normalized spacial score (nSPS) is 17.5. The number of sulfone groups is 1. The standard InChI is InChI=1S/C36H49N7O3S/c1-23(2)46-32-22-29(26-12-19-43(20-13-26)27-14-17-42(6)18-15-27)25(5)21-31(32)39-36-40-34-28(11-16-37-34)35(41-36)38-30-9-7-8-10-33(30)47(44,45)24(3)4/h7-11,16,21-24,26-27H,12-15,17-20H2,1-6H3,(H3,37,38,39,40,41)/p+1. The average Bonchev–Trinajstić information content (AvgIpc) is 3.52. The quantitative estimate of drug-likeness (QED) is 0.179. The van der Waals surface area contributed by atoms with Crippen LogP contribution in [0.2, 0.25) is 0 Å². The van der Waals surface area contributed by atoms with E-state index in [-0.39, 0.29) is 11.0 Å². The molecule has 0 bridgehead atoms. The van der Waals surface area contributed by atoms with E-state index in [9.17, 15) is 8.42 Å². The average molecular weight is 661 g/mol. The maximum atomic E-state index is 13.2. The van der Waals surface area contributed by atoms with Crippen LogP contribution in [0.3, 0.4) is 0 Å². The number of H-pyrrole nitrogens is 2. The second-order valence-electron chi connectivity index (χ2n) is 13.8. The summed E-state index contributed by atoms with van der Waals surface area (Å²) in [5.41, 5.74) is 4.65. The third-order valence-corrected chi connectivity index (χ3v) is 11.9. The van der Waals surface area contributed by atoms with Gasteiger partial charge >= 0.3 is 5.95 Å². The molecule has 0 spiro atoms. The van der Waals surface area contributed by atoms with Crippen LogP contribution in [0, 0.1) is 6.92 Å². The van der Waals surface area contributed by atoms with Crippen molar-refractivity contribution in [2.45, 2.75) is 88.5 Å². The maximum Gasteiger partial charge on any atom is 0.351 e. The summed E-state index contributed by atoms with van der Waals surface area (Å²) in [6.45, 7) is 14.3. The van der Waals surface area contributed by atoms with E-state index >= 15 is 0 Å². The van der Waals surface area contributed by atoms with Gasteiger partial charge in [0.05, 0.1) is 27.3 Å². The van der Waals surface area contributed by atoms with Gasteiger partial charge < -0.3 is 19.9 Å². The molecule has 2 aromatic carbocycles. The van der Waals surface area contributed by atoms with Crippen molar-refractivity contribution in [1.82, 2.24) is 19.8 Å². The van der Waals surface area contributed by atoms with Gasteiger partial charge in [0.15, 0.2) is 15.6 Å². The summed E-state index contributed by atoms with van der Waals surface area (Å²) >= 11 is 0. The van der Waals surface area contributed by atoms with Crippen LogP contribution in [0.25, 0.3) is 11.0 Å². The van der Waals surface area contributed by atoms with Crippen molar-refractivity contribution in [2.24, 2.45) is 0 Å². The Bertz CT molecular complexity index is 1800. The van der Waals surface area contributed by atoms with Crippen molar-refractivity contribution in [3.8, 4) is 5.75 Å². The molecule has 0 radical (unpaired) electrons. The zero-order valence-electron chi connectivity index (χ0n) is 28.6. The highest BCUT2D eigenvalue weighted by Gasteiger charge is 2.30. The Balaban J connectivity index is 1.27. The number of piperidine rings is 2. The van der Waals surface area contributed by atoms with Crippen molar-refractivity contribution >= 4 is 44.0 Å². The van der Waals surface area contributed by atoms with Crippen LogP contribution in [-0.4, -0.2) is 78.8 Å². The first kappa shape index (κ1) is 33.2. The number of aromatic amines is 2. The molecule has 2 aliphatic heterocycles. The zero-order chi connectivity index (χ0) is 33.3. The Morgan fingerprint density at radius 2 is 1.68 bits per heavy atom. The lowest BCUT2D eigenvalue weighted by molar-refractivity contribution is -0.333. The molecule has 252 valence electrons. The number of hydrogen-bond donors (Lipinski definition) is 3. The van der Waals surface area contributed by atoms with Gasteiger partial charge in [0.2, 0.25) is 11.5 Å². The maximum absolute atomic E-state index is 13.2. The molecule has 4 N–H and O–H groups in total. The summed E-state index contributed by atoms with van der Waals surface area (Å²) in [5.74, 6) is 2.32. The molecule has 2 saturated heterocycles. The van der Waals surface area contributed by atoms with Gasteiger partial charge in [0.1, 0.15) is 5.69 Å². The fourth-order valence-electron chi connectivity index (χ4n) is 7.00. The van der Waals surface area contributed by atoms with Gasteiger partial charge in [-0.3, -0.25) is 10.3 Å². The molecule has 4 aromatic rings. The summed E-state index contributed by atoms with van der Waals surface area (Å²) < 4.78 is 32.7. The van der Waals surface area contributed by atoms with Crippen LogP contribution < -0.4 is 20.4 Å². The summed E-state index contributed by atoms with van der Waals surface area (Å²) in [5, 5.41) is 7.07. The highest BCUT2D eigenvalue weighted by atomic mass is 32.2. The number of benzene rings is 2. The van der Waals surface area contributed by atoms with E-state index in [1.165, 1.54) is 37.1 Å². The molecule has 10 nitrogen and oxygen atoms in total. The minimum Gasteiger partial charge on any atom is -0.488 e. The third-order valence-electron chi connectivity index (χ3n) is 9.69. The van der Waals surface area contributed by atoms with Gasteiger partial charge in [0, 0.05) is 12.2 Å². The molecule has 0 unspecified atom stereocenters. The number of aromatic nitrogens is 3. The van der Waals surface area contributed by atoms with Gasteiger partial charge in [-0.15, -0.1) is 0 Å². The van der Waals surface area contributed by atoms with Crippen molar-refractivity contribution in [3.63, 3.8) is 0 Å². The van der Waals surface area contributed by atoms with E-state index in [1.54, 1.807) is 32.0 Å². The lowest BCUT2D eigenvalue weighted by Gasteiger charge is -2.41. The molecule has 0 aliphatic carbocycles. The minimum absolute atomic E-state index is 0.00292. The Labute approximate surface area is 279 Å². The number of rotatable bonds is 10. The second-order valence-corrected chi connectivity index (χ2v) is 16.2. The predicted octanol–water partition coefficient (Wildman–Crippen LogP) is 6.42. The number of fused-ring (bicyclic) bond motifs is 1. The second kappa shape index (κ2) is 13.8. The molecule has 6 rings (SSSR count). The summed E-state index contributed by atoms with van der Waals surface area (Å²) in [6.07, 6.45) is 6.68. The first-order chi connectivity index (χ1) is 22.5. The molecule has 11 heteroatoms. The molecule has 0 saturated carbocycles. The van der Waals surface area contributed by atoms with Gasteiger partial charge in [-0.2, -0.15) is 0 Å². The lowest BCUT2D eigenvalue weighted by Crippen LogP contribution is -2.46. The summed E-state index contributed by atoms with van der Waals surface area (Å²) in [4.78, 5) is 16.9. The number of nitrogens with zero attached hydrogens (tertiary/aromatic N) is 3. The highest BCUT2D eigenvalue weighted by molar-refractivity contribution is 7.92. The number of ether oxygens (including phenoxy) is 1. The molecule has 2 fully saturated rings. The molecule has 47 heavy (non-hydrogen) atoms. The first-order valence-corrected chi connectivity index (χ1v) is 18.6. The fraction of sp³-hybridized carbons (Fsp3) is 0.500. The Morgan fingerprint density at radius 1 is 0.957 bits per heavy atom. The van der Waals surface area contributed by atoms with Crippen LogP contribution in [0.1, 0.15) is 70.4 Å². The number of likely N-dealkylation sites (tertiary alicyclic amines) is 2. The summed E-state index contributed by atoms with van der Waals surface area (Å²) in [7, 11) is -1.29. The SMILES string of the molecule is Cc1cc(Nc2nc(Nc3ccccc3S(=O)(=O)C(C)C)c3cc[nH]c3[nH+]2)c(OC(C)C)cc1C1CCN(C2CCN(C)CC2)CC1. The molecule has 4 heterocycles. The van der Waals surface area contributed by atoms with Crippen molar-refractivity contribution in [2.75, 3.05) is 43.9 Å². The molecule has 0 amide bonds. The van der Waals surface area contributed by atoms with Crippen molar-refractivity contribution < 1.29 is 18.1 Å². The molecular formula is C36H50N7O3S+. The monoisotopic (exact) mass is 660 g/mol. The predicted molar refractivity (Wildman–Crippen MR) is 189 cm³/mol. The largest absolute Gasteiger partial charge is 0.488 e. The molecular weight excluding hydrogens is 611 g/mol. The van der Waals surface area contributed by atoms with Gasteiger partial charge in [-0.25, -0.2) is 13.4 Å². The Hall–Kier alpha value is -3.67. The van der Waals surface area contributed by atoms with E-state index < -0.39 is 15.1 Å². The van der Waals surface area contributed by atoms with Gasteiger partial charge in [-0.1, -0.05) is 17.1 Å².